The fourth-order valence-electron chi connectivity index (χ4n) is 3.92. The molecule has 1 aliphatic rings. The van der Waals surface area contributed by atoms with Crippen molar-refractivity contribution in [2.45, 2.75) is 19.4 Å². The molecule has 0 fully saturated rings. The third-order valence-electron chi connectivity index (χ3n) is 5.41. The largest absolute Gasteiger partial charge is 0.496 e. The number of hydrogen-bond donors (Lipinski definition) is 2. The average Bonchev–Trinajstić information content (AvgIpc) is 3.17. The molecule has 1 unspecified atom stereocenters. The third kappa shape index (κ3) is 4.19. The van der Waals surface area contributed by atoms with Gasteiger partial charge in [-0.05, 0) is 73.0 Å². The molecule has 0 spiro atoms. The van der Waals surface area contributed by atoms with Gasteiger partial charge in [0.1, 0.15) is 23.9 Å². The van der Waals surface area contributed by atoms with Gasteiger partial charge in [-0.1, -0.05) is 12.1 Å². The van der Waals surface area contributed by atoms with Crippen molar-refractivity contribution in [2.24, 2.45) is 10.7 Å². The second-order valence-electron chi connectivity index (χ2n) is 7.60. The van der Waals surface area contributed by atoms with E-state index in [9.17, 15) is 4.39 Å². The molecular weight excluding hydrogens is 409 g/mol. The lowest BCUT2D eigenvalue weighted by Crippen LogP contribution is -2.27. The van der Waals surface area contributed by atoms with Crippen LogP contribution in [-0.4, -0.2) is 26.3 Å². The lowest BCUT2D eigenvalue weighted by atomic mass is 9.83. The minimum atomic E-state index is -0.855. The summed E-state index contributed by atoms with van der Waals surface area (Å²) in [4.78, 5) is 4.71. The molecule has 7 heteroatoms. The molecule has 3 aromatic carbocycles. The molecule has 0 saturated heterocycles. The summed E-state index contributed by atoms with van der Waals surface area (Å²) in [6.07, 6.45) is 0. The van der Waals surface area contributed by atoms with Gasteiger partial charge >= 0.3 is 0 Å². The van der Waals surface area contributed by atoms with Crippen molar-refractivity contribution in [2.75, 3.05) is 25.6 Å². The van der Waals surface area contributed by atoms with Crippen LogP contribution >= 0.6 is 0 Å². The number of benzene rings is 3. The van der Waals surface area contributed by atoms with Gasteiger partial charge in [-0.3, -0.25) is 0 Å². The lowest BCUT2D eigenvalue weighted by Gasteiger charge is -2.27. The van der Waals surface area contributed by atoms with Crippen LogP contribution in [0.2, 0.25) is 0 Å². The smallest absolute Gasteiger partial charge is 0.283 e. The number of nitrogens with zero attached hydrogens (tertiary/aromatic N) is 1. The lowest BCUT2D eigenvalue weighted by molar-refractivity contribution is 0.277. The molecule has 0 bridgehead atoms. The highest BCUT2D eigenvalue weighted by atomic mass is 19.1. The summed E-state index contributed by atoms with van der Waals surface area (Å²) >= 11 is 0. The van der Waals surface area contributed by atoms with E-state index in [0.717, 1.165) is 28.1 Å². The maximum atomic E-state index is 13.7. The van der Waals surface area contributed by atoms with Crippen LogP contribution in [0.1, 0.15) is 23.6 Å². The zero-order valence-corrected chi connectivity index (χ0v) is 18.3. The summed E-state index contributed by atoms with van der Waals surface area (Å²) in [6, 6.07) is 18.1. The summed E-state index contributed by atoms with van der Waals surface area (Å²) in [5, 5.41) is 3.26. The quantitative estimate of drug-likeness (QED) is 0.553. The molecule has 166 valence electrons. The third-order valence-corrected chi connectivity index (χ3v) is 5.41. The predicted molar refractivity (Wildman–Crippen MR) is 123 cm³/mol. The first-order chi connectivity index (χ1) is 15.4. The van der Waals surface area contributed by atoms with E-state index in [0.29, 0.717) is 18.0 Å². The highest BCUT2D eigenvalue weighted by Crippen LogP contribution is 2.41. The molecule has 4 rings (SSSR count). The van der Waals surface area contributed by atoms with Crippen molar-refractivity contribution >= 4 is 17.4 Å². The molecule has 1 aliphatic heterocycles. The summed E-state index contributed by atoms with van der Waals surface area (Å²) < 4.78 is 30.6. The fourth-order valence-corrected chi connectivity index (χ4v) is 3.92. The Bertz CT molecular complexity index is 1160. The van der Waals surface area contributed by atoms with E-state index in [1.807, 2.05) is 50.2 Å². The van der Waals surface area contributed by atoms with Crippen LogP contribution < -0.4 is 20.5 Å². The normalized spacial score (nSPS) is 17.4. The standard InChI is InChI=1S/C25H26FN3O3/c1-4-31-22-12-18(11-21(14-22)28-20-7-5-6-19(26)13-20)25(15-32-24(27)29-25)17-8-9-23(30-3)16(2)10-17/h5-14,28H,4,15H2,1-3H3,(H2,27,29). The van der Waals surface area contributed by atoms with Crippen LogP contribution in [0, 0.1) is 12.7 Å². The van der Waals surface area contributed by atoms with E-state index in [1.54, 1.807) is 19.2 Å². The molecule has 3 N–H and O–H groups in total. The molecule has 0 aliphatic carbocycles. The van der Waals surface area contributed by atoms with Gasteiger partial charge in [0.25, 0.3) is 6.02 Å². The first-order valence-corrected chi connectivity index (χ1v) is 10.4. The van der Waals surface area contributed by atoms with Gasteiger partial charge in [-0.2, -0.15) is 0 Å². The van der Waals surface area contributed by atoms with Crippen LogP contribution in [-0.2, 0) is 10.3 Å². The van der Waals surface area contributed by atoms with Crippen molar-refractivity contribution in [3.63, 3.8) is 0 Å². The Hall–Kier alpha value is -3.74. The van der Waals surface area contributed by atoms with Crippen molar-refractivity contribution in [1.29, 1.82) is 0 Å². The van der Waals surface area contributed by atoms with Crippen LogP contribution in [0.15, 0.2) is 65.7 Å². The van der Waals surface area contributed by atoms with E-state index in [1.165, 1.54) is 12.1 Å². The Morgan fingerprint density at radius 1 is 1.09 bits per heavy atom. The number of anilines is 2. The van der Waals surface area contributed by atoms with Crippen molar-refractivity contribution in [3.05, 3.63) is 83.2 Å². The van der Waals surface area contributed by atoms with E-state index in [-0.39, 0.29) is 18.4 Å². The number of halogens is 1. The number of aryl methyl sites for hydroxylation is 1. The number of aliphatic imine (C=N–C) groups is 1. The molecule has 6 nitrogen and oxygen atoms in total. The maximum absolute atomic E-state index is 13.7. The van der Waals surface area contributed by atoms with Gasteiger partial charge in [0.05, 0.1) is 13.7 Å². The fraction of sp³-hybridized carbons (Fsp3) is 0.240. The summed E-state index contributed by atoms with van der Waals surface area (Å²) in [5.41, 5.74) is 9.22. The molecule has 1 atom stereocenters. The second kappa shape index (κ2) is 8.78. The summed E-state index contributed by atoms with van der Waals surface area (Å²) in [5.74, 6) is 1.13. The van der Waals surface area contributed by atoms with Gasteiger partial charge in [-0.25, -0.2) is 9.38 Å². The van der Waals surface area contributed by atoms with E-state index in [2.05, 4.69) is 5.32 Å². The van der Waals surface area contributed by atoms with Crippen LogP contribution in [0.3, 0.4) is 0 Å². The second-order valence-corrected chi connectivity index (χ2v) is 7.60. The number of rotatable bonds is 7. The Kier molecular flexibility index (Phi) is 5.90. The number of nitrogens with two attached hydrogens (primary N) is 1. The minimum Gasteiger partial charge on any atom is -0.496 e. The van der Waals surface area contributed by atoms with E-state index < -0.39 is 5.54 Å². The monoisotopic (exact) mass is 435 g/mol. The Morgan fingerprint density at radius 2 is 1.94 bits per heavy atom. The van der Waals surface area contributed by atoms with E-state index in [4.69, 9.17) is 24.9 Å². The van der Waals surface area contributed by atoms with Gasteiger partial charge < -0.3 is 25.3 Å². The van der Waals surface area contributed by atoms with Gasteiger partial charge in [0.2, 0.25) is 0 Å². The van der Waals surface area contributed by atoms with Gasteiger partial charge in [-0.15, -0.1) is 0 Å². The summed E-state index contributed by atoms with van der Waals surface area (Å²) in [7, 11) is 1.64. The molecule has 1 heterocycles. The molecule has 0 saturated carbocycles. The molecular formula is C25H26FN3O3. The Morgan fingerprint density at radius 3 is 2.59 bits per heavy atom. The molecule has 0 aromatic heterocycles. The van der Waals surface area contributed by atoms with E-state index >= 15 is 0 Å². The molecule has 0 amide bonds. The Labute approximate surface area is 186 Å². The Balaban J connectivity index is 1.84. The zero-order valence-electron chi connectivity index (χ0n) is 18.3. The highest BCUT2D eigenvalue weighted by molar-refractivity contribution is 5.76. The molecule has 3 aromatic rings. The number of amidine groups is 1. The van der Waals surface area contributed by atoms with Crippen molar-refractivity contribution in [1.82, 2.24) is 0 Å². The average molecular weight is 435 g/mol. The van der Waals surface area contributed by atoms with Crippen molar-refractivity contribution in [3.8, 4) is 11.5 Å². The number of hydrogen-bond acceptors (Lipinski definition) is 6. The maximum Gasteiger partial charge on any atom is 0.283 e. The minimum absolute atomic E-state index is 0.125. The highest BCUT2D eigenvalue weighted by Gasteiger charge is 2.41. The van der Waals surface area contributed by atoms with Crippen LogP contribution in [0.5, 0.6) is 11.5 Å². The zero-order chi connectivity index (χ0) is 22.7. The molecule has 32 heavy (non-hydrogen) atoms. The summed E-state index contributed by atoms with van der Waals surface area (Å²) in [6.45, 7) is 4.65. The first-order valence-electron chi connectivity index (χ1n) is 10.4. The number of ether oxygens (including phenoxy) is 3. The number of nitrogens with one attached hydrogen (secondary N) is 1. The SMILES string of the molecule is CCOc1cc(Nc2cccc(F)c2)cc(C2(c3ccc(OC)c(C)c3)COC(N)=N2)c1. The van der Waals surface area contributed by atoms with Crippen molar-refractivity contribution < 1.29 is 18.6 Å². The first kappa shape index (κ1) is 21.5. The van der Waals surface area contributed by atoms with Gasteiger partial charge in [0, 0.05) is 17.4 Å². The van der Waals surface area contributed by atoms with Crippen LogP contribution in [0.25, 0.3) is 0 Å². The van der Waals surface area contributed by atoms with Crippen LogP contribution in [0.4, 0.5) is 15.8 Å². The number of methoxy groups -OCH3 is 1. The van der Waals surface area contributed by atoms with Gasteiger partial charge in [0.15, 0.2) is 5.54 Å². The molecule has 0 radical (unpaired) electrons. The predicted octanol–water partition coefficient (Wildman–Crippen LogP) is 4.87. The topological polar surface area (TPSA) is 78.1 Å².